The minimum atomic E-state index is -4.21. The normalized spacial score (nSPS) is 12.4. The number of amides is 1. The zero-order valence-corrected chi connectivity index (χ0v) is 16.5. The van der Waals surface area contributed by atoms with Crippen LogP contribution >= 0.6 is 0 Å². The zero-order valence-electron chi connectivity index (χ0n) is 15.7. The van der Waals surface area contributed by atoms with Gasteiger partial charge in [0.1, 0.15) is 5.75 Å². The van der Waals surface area contributed by atoms with Gasteiger partial charge in [-0.2, -0.15) is 8.42 Å². The van der Waals surface area contributed by atoms with Crippen LogP contribution in [0.25, 0.3) is 0 Å². The van der Waals surface area contributed by atoms with Gasteiger partial charge in [0.15, 0.2) is 0 Å². The standard InChI is InChI=1S/C20H26N2O4S/c1-3-8-19(17-9-6-5-7-10-17)22(27(21,24)25)20(23)15-16-11-13-18(14-12-16)26-4-2/h5-7,9-14,19H,3-4,8,15H2,1-2H3,(H2,21,24,25). The van der Waals surface area contributed by atoms with Gasteiger partial charge in [-0.25, -0.2) is 9.44 Å². The Morgan fingerprint density at radius 1 is 1.07 bits per heavy atom. The summed E-state index contributed by atoms with van der Waals surface area (Å²) in [5.41, 5.74) is 1.44. The summed E-state index contributed by atoms with van der Waals surface area (Å²) in [6.07, 6.45) is 1.15. The van der Waals surface area contributed by atoms with Gasteiger partial charge in [-0.3, -0.25) is 4.79 Å². The molecule has 0 spiro atoms. The van der Waals surface area contributed by atoms with Gasteiger partial charge in [0, 0.05) is 0 Å². The van der Waals surface area contributed by atoms with Crippen LogP contribution in [-0.4, -0.2) is 25.2 Å². The monoisotopic (exact) mass is 390 g/mol. The lowest BCUT2D eigenvalue weighted by atomic mass is 10.0. The lowest BCUT2D eigenvalue weighted by molar-refractivity contribution is -0.127. The molecule has 0 aliphatic carbocycles. The predicted molar refractivity (Wildman–Crippen MR) is 105 cm³/mol. The van der Waals surface area contributed by atoms with Gasteiger partial charge in [-0.05, 0) is 36.6 Å². The van der Waals surface area contributed by atoms with Crippen LogP contribution in [0.4, 0.5) is 0 Å². The van der Waals surface area contributed by atoms with Crippen molar-refractivity contribution in [3.05, 3.63) is 65.7 Å². The summed E-state index contributed by atoms with van der Waals surface area (Å²) in [4.78, 5) is 12.9. The van der Waals surface area contributed by atoms with E-state index in [-0.39, 0.29) is 6.42 Å². The Hall–Kier alpha value is -2.38. The molecular formula is C20H26N2O4S. The van der Waals surface area contributed by atoms with E-state index in [4.69, 9.17) is 9.88 Å². The second-order valence-electron chi connectivity index (χ2n) is 6.20. The van der Waals surface area contributed by atoms with Gasteiger partial charge in [0.25, 0.3) is 0 Å². The maximum absolute atomic E-state index is 12.9. The van der Waals surface area contributed by atoms with Crippen LogP contribution in [0.15, 0.2) is 54.6 Å². The van der Waals surface area contributed by atoms with Crippen LogP contribution in [0.2, 0.25) is 0 Å². The van der Waals surface area contributed by atoms with E-state index < -0.39 is 22.2 Å². The minimum Gasteiger partial charge on any atom is -0.494 e. The number of hydrogen-bond acceptors (Lipinski definition) is 4. The summed E-state index contributed by atoms with van der Waals surface area (Å²) in [7, 11) is -4.21. The van der Waals surface area contributed by atoms with Crippen molar-refractivity contribution in [2.75, 3.05) is 6.61 Å². The molecule has 0 fully saturated rings. The molecule has 146 valence electrons. The third-order valence-electron chi connectivity index (χ3n) is 4.14. The molecule has 0 aliphatic rings. The summed E-state index contributed by atoms with van der Waals surface area (Å²) in [5, 5.41) is 5.42. The summed E-state index contributed by atoms with van der Waals surface area (Å²) in [6.45, 7) is 4.38. The van der Waals surface area contributed by atoms with Crippen molar-refractivity contribution in [1.29, 1.82) is 0 Å². The average Bonchev–Trinajstić information content (AvgIpc) is 2.63. The van der Waals surface area contributed by atoms with Crippen molar-refractivity contribution in [2.24, 2.45) is 5.14 Å². The van der Waals surface area contributed by atoms with Gasteiger partial charge in [0.2, 0.25) is 5.91 Å². The number of carbonyl (C=O) groups excluding carboxylic acids is 1. The average molecular weight is 391 g/mol. The SMILES string of the molecule is CCCC(c1ccccc1)N(C(=O)Cc1ccc(OCC)cc1)S(N)(=O)=O. The first kappa shape index (κ1) is 20.9. The Bertz CT molecular complexity index is 836. The smallest absolute Gasteiger partial charge is 0.301 e. The van der Waals surface area contributed by atoms with E-state index in [9.17, 15) is 13.2 Å². The number of nitrogens with zero attached hydrogens (tertiary/aromatic N) is 1. The van der Waals surface area contributed by atoms with Crippen LogP contribution in [0.3, 0.4) is 0 Å². The molecule has 6 nitrogen and oxygen atoms in total. The number of nitrogens with two attached hydrogens (primary N) is 1. The molecule has 0 bridgehead atoms. The molecule has 7 heteroatoms. The molecule has 0 saturated carbocycles. The molecular weight excluding hydrogens is 364 g/mol. The number of rotatable bonds is 9. The molecule has 0 saturated heterocycles. The van der Waals surface area contributed by atoms with Gasteiger partial charge in [0.05, 0.1) is 19.1 Å². The second kappa shape index (κ2) is 9.53. The Morgan fingerprint density at radius 3 is 2.22 bits per heavy atom. The van der Waals surface area contributed by atoms with Gasteiger partial charge < -0.3 is 4.74 Å². The first-order valence-corrected chi connectivity index (χ1v) is 10.5. The Balaban J connectivity index is 2.30. The molecule has 0 heterocycles. The van der Waals surface area contributed by atoms with Crippen LogP contribution in [0.1, 0.15) is 43.9 Å². The zero-order chi connectivity index (χ0) is 19.9. The fourth-order valence-corrected chi connectivity index (χ4v) is 3.91. The molecule has 1 atom stereocenters. The fourth-order valence-electron chi connectivity index (χ4n) is 2.98. The van der Waals surface area contributed by atoms with Crippen molar-refractivity contribution in [3.8, 4) is 5.75 Å². The summed E-state index contributed by atoms with van der Waals surface area (Å²) >= 11 is 0. The van der Waals surface area contributed by atoms with Gasteiger partial charge in [-0.1, -0.05) is 55.8 Å². The maximum Gasteiger partial charge on any atom is 0.301 e. The van der Waals surface area contributed by atoms with E-state index in [1.54, 1.807) is 24.3 Å². The highest BCUT2D eigenvalue weighted by Crippen LogP contribution is 2.28. The number of hydrogen-bond donors (Lipinski definition) is 1. The quantitative estimate of drug-likeness (QED) is 0.712. The van der Waals surface area contributed by atoms with Crippen molar-refractivity contribution >= 4 is 16.1 Å². The van der Waals surface area contributed by atoms with E-state index in [0.717, 1.165) is 9.87 Å². The van der Waals surface area contributed by atoms with E-state index in [0.29, 0.717) is 30.8 Å². The van der Waals surface area contributed by atoms with E-state index in [2.05, 4.69) is 0 Å². The fraction of sp³-hybridized carbons (Fsp3) is 0.350. The van der Waals surface area contributed by atoms with Crippen molar-refractivity contribution in [1.82, 2.24) is 4.31 Å². The topological polar surface area (TPSA) is 89.7 Å². The summed E-state index contributed by atoms with van der Waals surface area (Å²) < 4.78 is 30.7. The third kappa shape index (κ3) is 5.80. The van der Waals surface area contributed by atoms with Crippen LogP contribution in [0, 0.1) is 0 Å². The van der Waals surface area contributed by atoms with Gasteiger partial charge >= 0.3 is 10.2 Å². The summed E-state index contributed by atoms with van der Waals surface area (Å²) in [5.74, 6) is 0.147. The molecule has 2 N–H and O–H groups in total. The molecule has 0 radical (unpaired) electrons. The molecule has 2 aromatic rings. The molecule has 1 unspecified atom stereocenters. The highest BCUT2D eigenvalue weighted by atomic mass is 32.2. The maximum atomic E-state index is 12.9. The Labute approximate surface area is 161 Å². The van der Waals surface area contributed by atoms with Gasteiger partial charge in [-0.15, -0.1) is 0 Å². The Kier molecular flexibility index (Phi) is 7.38. The van der Waals surface area contributed by atoms with Crippen molar-refractivity contribution in [2.45, 2.75) is 39.2 Å². The largest absolute Gasteiger partial charge is 0.494 e. The van der Waals surface area contributed by atoms with Crippen LogP contribution in [-0.2, 0) is 21.4 Å². The van der Waals surface area contributed by atoms with Crippen molar-refractivity contribution in [3.63, 3.8) is 0 Å². The molecule has 2 aromatic carbocycles. The molecule has 2 rings (SSSR count). The van der Waals surface area contributed by atoms with E-state index in [1.807, 2.05) is 44.2 Å². The summed E-state index contributed by atoms with van der Waals surface area (Å²) in [6, 6.07) is 15.5. The third-order valence-corrected chi connectivity index (χ3v) is 5.15. The lowest BCUT2D eigenvalue weighted by Crippen LogP contribution is -2.44. The molecule has 27 heavy (non-hydrogen) atoms. The lowest BCUT2D eigenvalue weighted by Gasteiger charge is -2.29. The Morgan fingerprint density at radius 2 is 1.70 bits per heavy atom. The first-order valence-electron chi connectivity index (χ1n) is 8.98. The predicted octanol–water partition coefficient (Wildman–Crippen LogP) is 3.20. The van der Waals surface area contributed by atoms with E-state index in [1.165, 1.54) is 0 Å². The second-order valence-corrected chi connectivity index (χ2v) is 7.63. The number of carbonyl (C=O) groups is 1. The van der Waals surface area contributed by atoms with Crippen LogP contribution < -0.4 is 9.88 Å². The number of ether oxygens (including phenoxy) is 1. The van der Waals surface area contributed by atoms with Crippen LogP contribution in [0.5, 0.6) is 5.75 Å². The number of benzene rings is 2. The minimum absolute atomic E-state index is 0.0596. The molecule has 0 aromatic heterocycles. The van der Waals surface area contributed by atoms with E-state index >= 15 is 0 Å². The first-order chi connectivity index (χ1) is 12.9. The van der Waals surface area contributed by atoms with Crippen molar-refractivity contribution < 1.29 is 17.9 Å². The highest BCUT2D eigenvalue weighted by Gasteiger charge is 2.32. The highest BCUT2D eigenvalue weighted by molar-refractivity contribution is 7.87. The molecule has 0 aliphatic heterocycles. The molecule has 1 amide bonds.